The molecule has 0 saturated carbocycles. The smallest absolute Gasteiger partial charge is 0.263 e. The second-order valence-electron chi connectivity index (χ2n) is 2.52. The summed E-state index contributed by atoms with van der Waals surface area (Å²) in [5.74, 6) is -0.801. The van der Waals surface area contributed by atoms with Gasteiger partial charge in [-0.1, -0.05) is 6.07 Å². The highest BCUT2D eigenvalue weighted by Crippen LogP contribution is 2.24. The van der Waals surface area contributed by atoms with E-state index in [2.05, 4.69) is 0 Å². The van der Waals surface area contributed by atoms with Gasteiger partial charge in [0, 0.05) is 10.7 Å². The second kappa shape index (κ2) is 3.47. The van der Waals surface area contributed by atoms with E-state index in [0.29, 0.717) is 0 Å². The van der Waals surface area contributed by atoms with Crippen molar-refractivity contribution in [3.63, 3.8) is 0 Å². The molecule has 76 valence electrons. The molecule has 0 aliphatic heterocycles. The van der Waals surface area contributed by atoms with Crippen molar-refractivity contribution in [2.24, 2.45) is 5.73 Å². The molecule has 0 bridgehead atoms. The van der Waals surface area contributed by atoms with Crippen LogP contribution < -0.4 is 11.5 Å². The van der Waals surface area contributed by atoms with E-state index in [-0.39, 0.29) is 16.1 Å². The van der Waals surface area contributed by atoms with E-state index in [1.54, 1.807) is 0 Å². The molecule has 4 N–H and O–H groups in total. The number of nitrogen functional groups attached to an aromatic ring is 1. The van der Waals surface area contributed by atoms with Crippen molar-refractivity contribution in [3.8, 4) is 0 Å². The van der Waals surface area contributed by atoms with Gasteiger partial charge in [0.15, 0.2) is 0 Å². The maximum absolute atomic E-state index is 11.0. The summed E-state index contributed by atoms with van der Waals surface area (Å²) >= 11 is 0. The highest BCUT2D eigenvalue weighted by atomic mass is 35.7. The number of halogens is 1. The van der Waals surface area contributed by atoms with Crippen LogP contribution in [0.3, 0.4) is 0 Å². The van der Waals surface area contributed by atoms with E-state index in [4.69, 9.17) is 22.1 Å². The van der Waals surface area contributed by atoms with Gasteiger partial charge >= 0.3 is 0 Å². The lowest BCUT2D eigenvalue weighted by Crippen LogP contribution is -2.14. The fourth-order valence-electron chi connectivity index (χ4n) is 0.971. The number of carbonyl (C=O) groups excluding carboxylic acids is 1. The molecule has 0 aliphatic carbocycles. The molecule has 0 radical (unpaired) electrons. The quantitative estimate of drug-likeness (QED) is 0.567. The number of hydrogen-bond donors (Lipinski definition) is 2. The van der Waals surface area contributed by atoms with Crippen LogP contribution in [-0.2, 0) is 9.05 Å². The van der Waals surface area contributed by atoms with Gasteiger partial charge in [-0.25, -0.2) is 8.42 Å². The Morgan fingerprint density at radius 2 is 1.93 bits per heavy atom. The summed E-state index contributed by atoms with van der Waals surface area (Å²) in [5.41, 5.74) is 10.1. The van der Waals surface area contributed by atoms with E-state index in [1.807, 2.05) is 0 Å². The Bertz CT molecular complexity index is 484. The highest BCUT2D eigenvalue weighted by molar-refractivity contribution is 8.13. The number of amides is 1. The molecule has 0 aromatic heterocycles. The van der Waals surface area contributed by atoms with Crippen LogP contribution in [0.1, 0.15) is 10.4 Å². The van der Waals surface area contributed by atoms with Crippen LogP contribution in [0.15, 0.2) is 23.1 Å². The number of para-hydroxylation sites is 1. The highest BCUT2D eigenvalue weighted by Gasteiger charge is 2.18. The van der Waals surface area contributed by atoms with E-state index < -0.39 is 15.0 Å². The first-order valence-corrected chi connectivity index (χ1v) is 5.78. The third-order valence-corrected chi connectivity index (χ3v) is 2.97. The molecular weight excluding hydrogens is 228 g/mol. The van der Waals surface area contributed by atoms with E-state index in [0.717, 1.165) is 0 Å². The standard InChI is InChI=1S/C7H7ClN2O3S/c8-14(12,13)5-3-1-2-4(6(5)9)7(10)11/h1-3H,9H2,(H2,10,11). The van der Waals surface area contributed by atoms with Gasteiger partial charge in [-0.05, 0) is 12.1 Å². The van der Waals surface area contributed by atoms with Crippen LogP contribution in [0.5, 0.6) is 0 Å². The summed E-state index contributed by atoms with van der Waals surface area (Å²) < 4.78 is 21.9. The lowest BCUT2D eigenvalue weighted by Gasteiger charge is -2.04. The molecule has 1 rings (SSSR count). The third-order valence-electron chi connectivity index (χ3n) is 1.59. The molecule has 0 saturated heterocycles. The summed E-state index contributed by atoms with van der Waals surface area (Å²) in [5, 5.41) is 0. The molecule has 0 aliphatic rings. The fraction of sp³-hybridized carbons (Fsp3) is 0. The maximum Gasteiger partial charge on any atom is 0.263 e. The fourth-order valence-corrected chi connectivity index (χ4v) is 1.99. The lowest BCUT2D eigenvalue weighted by atomic mass is 10.2. The molecule has 0 atom stereocenters. The van der Waals surface area contributed by atoms with Crippen molar-refractivity contribution < 1.29 is 13.2 Å². The summed E-state index contributed by atoms with van der Waals surface area (Å²) in [7, 11) is 1.13. The number of nitrogens with two attached hydrogens (primary N) is 2. The van der Waals surface area contributed by atoms with Gasteiger partial charge in [-0.3, -0.25) is 4.79 Å². The Kier molecular flexibility index (Phi) is 2.68. The molecule has 0 heterocycles. The van der Waals surface area contributed by atoms with Crippen LogP contribution in [0.25, 0.3) is 0 Å². The topological polar surface area (TPSA) is 103 Å². The molecule has 1 aromatic carbocycles. The normalized spacial score (nSPS) is 11.2. The molecule has 1 amide bonds. The molecular formula is C7H7ClN2O3S. The SMILES string of the molecule is NC(=O)c1cccc(S(=O)(=O)Cl)c1N. The van der Waals surface area contributed by atoms with Crippen LogP contribution in [0.2, 0.25) is 0 Å². The van der Waals surface area contributed by atoms with Gasteiger partial charge in [0.1, 0.15) is 4.90 Å². The predicted octanol–water partition coefficient (Wildman–Crippen LogP) is 0.295. The number of benzene rings is 1. The van der Waals surface area contributed by atoms with Crippen LogP contribution in [0, 0.1) is 0 Å². The maximum atomic E-state index is 11.0. The number of carbonyl (C=O) groups is 1. The van der Waals surface area contributed by atoms with Crippen molar-refractivity contribution in [2.75, 3.05) is 5.73 Å². The molecule has 0 unspecified atom stereocenters. The molecule has 5 nitrogen and oxygen atoms in total. The minimum atomic E-state index is -3.95. The largest absolute Gasteiger partial charge is 0.397 e. The van der Waals surface area contributed by atoms with Gasteiger partial charge in [0.05, 0.1) is 11.3 Å². The van der Waals surface area contributed by atoms with Gasteiger partial charge < -0.3 is 11.5 Å². The summed E-state index contributed by atoms with van der Waals surface area (Å²) in [6, 6.07) is 3.86. The zero-order valence-electron chi connectivity index (χ0n) is 6.90. The molecule has 7 heteroatoms. The van der Waals surface area contributed by atoms with Crippen LogP contribution >= 0.6 is 10.7 Å². The Morgan fingerprint density at radius 1 is 1.36 bits per heavy atom. The van der Waals surface area contributed by atoms with Crippen molar-refractivity contribution >= 4 is 31.3 Å². The van der Waals surface area contributed by atoms with Gasteiger partial charge in [0.25, 0.3) is 15.0 Å². The zero-order valence-corrected chi connectivity index (χ0v) is 8.47. The summed E-state index contributed by atoms with van der Waals surface area (Å²) in [6.07, 6.45) is 0. The predicted molar refractivity (Wildman–Crippen MR) is 52.4 cm³/mol. The van der Waals surface area contributed by atoms with Crippen molar-refractivity contribution in [3.05, 3.63) is 23.8 Å². The van der Waals surface area contributed by atoms with Crippen LogP contribution in [0.4, 0.5) is 5.69 Å². The molecule has 14 heavy (non-hydrogen) atoms. The van der Waals surface area contributed by atoms with Gasteiger partial charge in [-0.15, -0.1) is 0 Å². The van der Waals surface area contributed by atoms with Gasteiger partial charge in [-0.2, -0.15) is 0 Å². The molecule has 1 aromatic rings. The lowest BCUT2D eigenvalue weighted by molar-refractivity contribution is 0.100. The minimum absolute atomic E-state index is 0.0632. The van der Waals surface area contributed by atoms with E-state index >= 15 is 0 Å². The first-order chi connectivity index (χ1) is 6.34. The first kappa shape index (κ1) is 10.8. The Hall–Kier alpha value is -1.27. The summed E-state index contributed by atoms with van der Waals surface area (Å²) in [6.45, 7) is 0. The average molecular weight is 235 g/mol. The second-order valence-corrected chi connectivity index (χ2v) is 5.05. The zero-order chi connectivity index (χ0) is 10.9. The van der Waals surface area contributed by atoms with Crippen molar-refractivity contribution in [1.82, 2.24) is 0 Å². The molecule has 0 spiro atoms. The first-order valence-electron chi connectivity index (χ1n) is 3.47. The van der Waals surface area contributed by atoms with E-state index in [1.165, 1.54) is 18.2 Å². The minimum Gasteiger partial charge on any atom is -0.397 e. The third kappa shape index (κ3) is 1.97. The Balaban J connectivity index is 3.51. The summed E-state index contributed by atoms with van der Waals surface area (Å²) in [4.78, 5) is 10.5. The molecule has 0 fully saturated rings. The monoisotopic (exact) mass is 234 g/mol. The number of primary amides is 1. The number of rotatable bonds is 2. The van der Waals surface area contributed by atoms with E-state index in [9.17, 15) is 13.2 Å². The van der Waals surface area contributed by atoms with Gasteiger partial charge in [0.2, 0.25) is 0 Å². The Morgan fingerprint density at radius 3 is 2.36 bits per heavy atom. The number of anilines is 1. The average Bonchev–Trinajstić information content (AvgIpc) is 2.01. The van der Waals surface area contributed by atoms with Crippen molar-refractivity contribution in [2.45, 2.75) is 4.90 Å². The Labute approximate surface area is 85.1 Å². The van der Waals surface area contributed by atoms with Crippen LogP contribution in [-0.4, -0.2) is 14.3 Å². The van der Waals surface area contributed by atoms with Crippen molar-refractivity contribution in [1.29, 1.82) is 0 Å². The number of hydrogen-bond acceptors (Lipinski definition) is 4.